The van der Waals surface area contributed by atoms with Crippen molar-refractivity contribution in [3.63, 3.8) is 0 Å². The lowest BCUT2D eigenvalue weighted by Crippen LogP contribution is -2.46. The van der Waals surface area contributed by atoms with Crippen molar-refractivity contribution < 1.29 is 32.2 Å². The topological polar surface area (TPSA) is 55.8 Å². The maximum absolute atomic E-state index is 12.8. The first kappa shape index (κ1) is 24.6. The summed E-state index contributed by atoms with van der Waals surface area (Å²) in [5, 5.41) is 0. The molecule has 1 aliphatic carbocycles. The van der Waals surface area contributed by atoms with E-state index in [1.807, 2.05) is 0 Å². The Kier molecular flexibility index (Phi) is 7.66. The number of nitrogens with zero attached hydrogens (tertiary/aromatic N) is 1. The number of hydrogen-bond acceptors (Lipinski definition) is 4. The first-order valence-corrected chi connectivity index (χ1v) is 11.0. The lowest BCUT2D eigenvalue weighted by atomic mass is 9.79. The Balaban J connectivity index is 1.81. The Labute approximate surface area is 191 Å². The third-order valence-electron chi connectivity index (χ3n) is 6.19. The highest BCUT2D eigenvalue weighted by Crippen LogP contribution is 2.35. The van der Waals surface area contributed by atoms with Gasteiger partial charge in [0.2, 0.25) is 0 Å². The van der Waals surface area contributed by atoms with Crippen molar-refractivity contribution in [2.45, 2.75) is 51.9 Å². The molecule has 33 heavy (non-hydrogen) atoms. The smallest absolute Gasteiger partial charge is 0.462 e. The second-order valence-electron chi connectivity index (χ2n) is 8.60. The molecular formula is C25H28F3NO4. The number of halogens is 3. The second-order valence-corrected chi connectivity index (χ2v) is 8.60. The molecule has 0 bridgehead atoms. The third-order valence-corrected chi connectivity index (χ3v) is 6.19. The van der Waals surface area contributed by atoms with Crippen molar-refractivity contribution >= 4 is 17.6 Å². The number of anilines is 1. The average Bonchev–Trinajstić information content (AvgIpc) is 2.79. The molecule has 178 valence electrons. The van der Waals surface area contributed by atoms with Crippen LogP contribution in [0.5, 0.6) is 5.75 Å². The molecule has 5 nitrogen and oxygen atoms in total. The van der Waals surface area contributed by atoms with Crippen LogP contribution >= 0.6 is 0 Å². The van der Waals surface area contributed by atoms with Crippen molar-refractivity contribution in [2.24, 2.45) is 11.8 Å². The monoisotopic (exact) mass is 463 g/mol. The standard InChI is InChI=1S/C25H28F3NO4/c1-16(2)17-4-10-20(11-5-17)29(23(30)24(31)32-3)21-12-6-18(7-13-21)19-8-14-22(15-9-19)33-25(26,27)28/h6-9,12-17,20H,4-5,10-11H2,1-3H3. The quantitative estimate of drug-likeness (QED) is 0.405. The minimum Gasteiger partial charge on any atom is -0.462 e. The molecule has 0 radical (unpaired) electrons. The van der Waals surface area contributed by atoms with Crippen molar-refractivity contribution in [3.05, 3.63) is 48.5 Å². The SMILES string of the molecule is COC(=O)C(=O)N(c1ccc(-c2ccc(OC(F)(F)F)cc2)cc1)C1CCC(C(C)C)CC1. The summed E-state index contributed by atoms with van der Waals surface area (Å²) in [5.74, 6) is -0.738. The van der Waals surface area contributed by atoms with E-state index in [1.54, 1.807) is 24.3 Å². The van der Waals surface area contributed by atoms with Crippen LogP contribution in [0.2, 0.25) is 0 Å². The van der Waals surface area contributed by atoms with Crippen LogP contribution in [0.1, 0.15) is 39.5 Å². The van der Waals surface area contributed by atoms with Crippen LogP contribution in [0.3, 0.4) is 0 Å². The fraction of sp³-hybridized carbons (Fsp3) is 0.440. The lowest BCUT2D eigenvalue weighted by molar-refractivity contribution is -0.274. The lowest BCUT2D eigenvalue weighted by Gasteiger charge is -2.37. The predicted octanol–water partition coefficient (Wildman–Crippen LogP) is 5.97. The molecule has 3 rings (SSSR count). The van der Waals surface area contributed by atoms with Gasteiger partial charge < -0.3 is 9.47 Å². The molecule has 1 aliphatic rings. The zero-order valence-electron chi connectivity index (χ0n) is 18.9. The van der Waals surface area contributed by atoms with Crippen LogP contribution in [-0.4, -0.2) is 31.4 Å². The molecular weight excluding hydrogens is 435 g/mol. The number of ether oxygens (including phenoxy) is 2. The molecule has 0 heterocycles. The van der Waals surface area contributed by atoms with E-state index in [4.69, 9.17) is 0 Å². The van der Waals surface area contributed by atoms with Gasteiger partial charge in [-0.05, 0) is 72.9 Å². The fourth-order valence-electron chi connectivity index (χ4n) is 4.37. The molecule has 0 aromatic heterocycles. The van der Waals surface area contributed by atoms with E-state index in [1.165, 1.54) is 36.3 Å². The minimum absolute atomic E-state index is 0.101. The summed E-state index contributed by atoms with van der Waals surface area (Å²) in [7, 11) is 1.18. The Hall–Kier alpha value is -3.03. The van der Waals surface area contributed by atoms with Gasteiger partial charge in [-0.15, -0.1) is 13.2 Å². The van der Waals surface area contributed by atoms with Gasteiger partial charge in [-0.1, -0.05) is 38.1 Å². The van der Waals surface area contributed by atoms with Gasteiger partial charge in [0.25, 0.3) is 0 Å². The van der Waals surface area contributed by atoms with E-state index in [2.05, 4.69) is 23.3 Å². The first-order valence-electron chi connectivity index (χ1n) is 11.0. The molecule has 8 heteroatoms. The third kappa shape index (κ3) is 6.27. The van der Waals surface area contributed by atoms with Gasteiger partial charge in [-0.3, -0.25) is 9.69 Å². The van der Waals surface area contributed by atoms with E-state index in [0.717, 1.165) is 31.2 Å². The Bertz CT molecular complexity index is 947. The number of amides is 1. The average molecular weight is 463 g/mol. The Morgan fingerprint density at radius 3 is 1.88 bits per heavy atom. The number of carbonyl (C=O) groups excluding carboxylic acids is 2. The van der Waals surface area contributed by atoms with Crippen LogP contribution in [0.15, 0.2) is 48.5 Å². The summed E-state index contributed by atoms with van der Waals surface area (Å²) in [6, 6.07) is 12.5. The maximum Gasteiger partial charge on any atom is 0.573 e. The fourth-order valence-corrected chi connectivity index (χ4v) is 4.37. The molecule has 0 atom stereocenters. The Morgan fingerprint density at radius 1 is 0.909 bits per heavy atom. The molecule has 1 amide bonds. The normalized spacial score (nSPS) is 18.6. The molecule has 1 fully saturated rings. The highest BCUT2D eigenvalue weighted by Gasteiger charge is 2.34. The zero-order valence-corrected chi connectivity index (χ0v) is 18.9. The summed E-state index contributed by atoms with van der Waals surface area (Å²) in [6.07, 6.45) is -1.18. The largest absolute Gasteiger partial charge is 0.573 e. The highest BCUT2D eigenvalue weighted by molar-refractivity contribution is 6.38. The molecule has 0 aliphatic heterocycles. The van der Waals surface area contributed by atoms with Gasteiger partial charge >= 0.3 is 18.2 Å². The van der Waals surface area contributed by atoms with Gasteiger partial charge in [0, 0.05) is 11.7 Å². The van der Waals surface area contributed by atoms with Crippen molar-refractivity contribution in [1.29, 1.82) is 0 Å². The number of alkyl halides is 3. The number of hydrogen-bond donors (Lipinski definition) is 0. The van der Waals surface area contributed by atoms with E-state index in [-0.39, 0.29) is 11.8 Å². The van der Waals surface area contributed by atoms with Crippen molar-refractivity contribution in [1.82, 2.24) is 0 Å². The van der Waals surface area contributed by atoms with Crippen LogP contribution in [0.4, 0.5) is 18.9 Å². The molecule has 2 aromatic rings. The summed E-state index contributed by atoms with van der Waals surface area (Å²) in [5.41, 5.74) is 2.03. The van der Waals surface area contributed by atoms with Gasteiger partial charge in [-0.2, -0.15) is 0 Å². The molecule has 2 aromatic carbocycles. The summed E-state index contributed by atoms with van der Waals surface area (Å²) in [4.78, 5) is 26.4. The van der Waals surface area contributed by atoms with E-state index >= 15 is 0 Å². The number of esters is 1. The molecule has 0 saturated heterocycles. The second kappa shape index (κ2) is 10.3. The molecule has 1 saturated carbocycles. The number of benzene rings is 2. The Morgan fingerprint density at radius 2 is 1.42 bits per heavy atom. The first-order chi connectivity index (χ1) is 15.6. The maximum atomic E-state index is 12.8. The van der Waals surface area contributed by atoms with Crippen LogP contribution < -0.4 is 9.64 Å². The summed E-state index contributed by atoms with van der Waals surface area (Å²) >= 11 is 0. The van der Waals surface area contributed by atoms with E-state index in [0.29, 0.717) is 23.1 Å². The molecule has 0 N–H and O–H groups in total. The van der Waals surface area contributed by atoms with Crippen LogP contribution in [0.25, 0.3) is 11.1 Å². The number of methoxy groups -OCH3 is 1. The van der Waals surface area contributed by atoms with Crippen molar-refractivity contribution in [3.8, 4) is 16.9 Å². The number of carbonyl (C=O) groups is 2. The van der Waals surface area contributed by atoms with Gasteiger partial charge in [-0.25, -0.2) is 4.79 Å². The highest BCUT2D eigenvalue weighted by atomic mass is 19.4. The summed E-state index contributed by atoms with van der Waals surface area (Å²) < 4.78 is 45.7. The van der Waals surface area contributed by atoms with Crippen molar-refractivity contribution in [2.75, 3.05) is 12.0 Å². The van der Waals surface area contributed by atoms with Crippen LogP contribution in [-0.2, 0) is 14.3 Å². The number of rotatable bonds is 5. The van der Waals surface area contributed by atoms with Gasteiger partial charge in [0.05, 0.1) is 7.11 Å². The van der Waals surface area contributed by atoms with Gasteiger partial charge in [0.15, 0.2) is 0 Å². The molecule has 0 unspecified atom stereocenters. The van der Waals surface area contributed by atoms with E-state index in [9.17, 15) is 22.8 Å². The zero-order chi connectivity index (χ0) is 24.2. The predicted molar refractivity (Wildman–Crippen MR) is 119 cm³/mol. The van der Waals surface area contributed by atoms with Crippen LogP contribution in [0, 0.1) is 11.8 Å². The van der Waals surface area contributed by atoms with Gasteiger partial charge in [0.1, 0.15) is 5.75 Å². The summed E-state index contributed by atoms with van der Waals surface area (Å²) in [6.45, 7) is 4.39. The van der Waals surface area contributed by atoms with E-state index < -0.39 is 18.2 Å². The molecule has 0 spiro atoms. The minimum atomic E-state index is -4.74.